The number of hydrogen-bond donors (Lipinski definition) is 2. The molecule has 2 N–H and O–H groups in total. The maximum Gasteiger partial charge on any atom is 0.326 e. The lowest BCUT2D eigenvalue weighted by Gasteiger charge is -2.19. The van der Waals surface area contributed by atoms with Gasteiger partial charge < -0.3 is 15.2 Å². The van der Waals surface area contributed by atoms with Crippen LogP contribution in [0, 0.1) is 6.92 Å². The number of carbonyl (C=O) groups is 2. The van der Waals surface area contributed by atoms with Gasteiger partial charge in [0.25, 0.3) is 5.91 Å². The molecule has 1 rings (SSSR count). The quantitative estimate of drug-likeness (QED) is 0.720. The summed E-state index contributed by atoms with van der Waals surface area (Å²) >= 11 is 6.01. The zero-order valence-corrected chi connectivity index (χ0v) is 13.4. The van der Waals surface area contributed by atoms with Crippen molar-refractivity contribution >= 4 is 23.5 Å². The van der Waals surface area contributed by atoms with E-state index in [2.05, 4.69) is 11.9 Å². The van der Waals surface area contributed by atoms with E-state index in [1.165, 1.54) is 0 Å². The van der Waals surface area contributed by atoms with Crippen LogP contribution in [-0.2, 0) is 9.59 Å². The summed E-state index contributed by atoms with van der Waals surface area (Å²) in [5, 5.41) is 11.9. The first-order valence-corrected chi connectivity index (χ1v) is 7.29. The smallest absolute Gasteiger partial charge is 0.326 e. The molecule has 0 bridgehead atoms. The first-order valence-electron chi connectivity index (χ1n) is 6.92. The second-order valence-electron chi connectivity index (χ2n) is 4.96. The Morgan fingerprint density at radius 2 is 2.18 bits per heavy atom. The third-order valence-electron chi connectivity index (χ3n) is 3.03. The monoisotopic (exact) mass is 325 g/mol. The molecule has 0 aliphatic carbocycles. The fourth-order valence-electron chi connectivity index (χ4n) is 1.78. The highest BCUT2D eigenvalue weighted by Crippen LogP contribution is 2.26. The van der Waals surface area contributed by atoms with Gasteiger partial charge in [-0.2, -0.15) is 0 Å². The van der Waals surface area contributed by atoms with Crippen LogP contribution in [0.4, 0.5) is 0 Å². The van der Waals surface area contributed by atoms with E-state index in [9.17, 15) is 9.59 Å². The molecule has 0 aliphatic rings. The SMILES string of the molecule is C=CCCC(NC(=O)C(C)Oc1cc(C)ccc1Cl)C(=O)O. The molecule has 1 aromatic carbocycles. The Labute approximate surface area is 134 Å². The molecule has 0 radical (unpaired) electrons. The normalized spacial score (nSPS) is 13.0. The number of amides is 1. The van der Waals surface area contributed by atoms with Gasteiger partial charge in [-0.25, -0.2) is 4.79 Å². The molecule has 0 spiro atoms. The molecule has 0 heterocycles. The lowest BCUT2D eigenvalue weighted by atomic mass is 10.1. The number of nitrogens with one attached hydrogen (secondary N) is 1. The lowest BCUT2D eigenvalue weighted by molar-refractivity contribution is -0.143. The van der Waals surface area contributed by atoms with Crippen LogP contribution in [0.3, 0.4) is 0 Å². The van der Waals surface area contributed by atoms with E-state index in [4.69, 9.17) is 21.4 Å². The highest BCUT2D eigenvalue weighted by atomic mass is 35.5. The summed E-state index contributed by atoms with van der Waals surface area (Å²) in [6.45, 7) is 6.96. The standard InChI is InChI=1S/C16H20ClNO4/c1-4-5-6-13(16(20)21)18-15(19)11(3)22-14-9-10(2)7-8-12(14)17/h4,7-9,11,13H,1,5-6H2,2-3H3,(H,18,19)(H,20,21). The van der Waals surface area contributed by atoms with Crippen molar-refractivity contribution in [3.63, 3.8) is 0 Å². The van der Waals surface area contributed by atoms with E-state index < -0.39 is 24.0 Å². The first-order chi connectivity index (χ1) is 10.3. The summed E-state index contributed by atoms with van der Waals surface area (Å²) in [7, 11) is 0. The molecule has 120 valence electrons. The van der Waals surface area contributed by atoms with E-state index in [1.807, 2.05) is 13.0 Å². The number of allylic oxidation sites excluding steroid dienone is 1. The molecule has 22 heavy (non-hydrogen) atoms. The van der Waals surface area contributed by atoms with Crippen LogP contribution in [0.2, 0.25) is 5.02 Å². The number of ether oxygens (including phenoxy) is 1. The Morgan fingerprint density at radius 1 is 1.50 bits per heavy atom. The van der Waals surface area contributed by atoms with Gasteiger partial charge >= 0.3 is 5.97 Å². The Morgan fingerprint density at radius 3 is 2.77 bits per heavy atom. The maximum atomic E-state index is 12.1. The van der Waals surface area contributed by atoms with Crippen LogP contribution in [-0.4, -0.2) is 29.1 Å². The predicted molar refractivity (Wildman–Crippen MR) is 85.3 cm³/mol. The van der Waals surface area contributed by atoms with Crippen LogP contribution >= 0.6 is 11.6 Å². The van der Waals surface area contributed by atoms with E-state index in [-0.39, 0.29) is 6.42 Å². The number of aryl methyl sites for hydroxylation is 1. The Kier molecular flexibility index (Phi) is 6.92. The van der Waals surface area contributed by atoms with Crippen molar-refractivity contribution in [2.75, 3.05) is 0 Å². The van der Waals surface area contributed by atoms with E-state index in [0.717, 1.165) is 5.56 Å². The van der Waals surface area contributed by atoms with Gasteiger partial charge in [0.15, 0.2) is 6.10 Å². The number of halogens is 1. The van der Waals surface area contributed by atoms with Crippen LogP contribution in [0.25, 0.3) is 0 Å². The van der Waals surface area contributed by atoms with E-state index >= 15 is 0 Å². The van der Waals surface area contributed by atoms with Gasteiger partial charge in [-0.3, -0.25) is 4.79 Å². The molecule has 1 aromatic rings. The van der Waals surface area contributed by atoms with Crippen LogP contribution in [0.5, 0.6) is 5.75 Å². The number of carbonyl (C=O) groups excluding carboxylic acids is 1. The average molecular weight is 326 g/mol. The van der Waals surface area contributed by atoms with Gasteiger partial charge in [0.1, 0.15) is 11.8 Å². The zero-order valence-electron chi connectivity index (χ0n) is 12.6. The largest absolute Gasteiger partial charge is 0.480 e. The molecule has 2 atom stereocenters. The molecular formula is C16H20ClNO4. The van der Waals surface area contributed by atoms with Crippen molar-refractivity contribution in [1.82, 2.24) is 5.32 Å². The predicted octanol–water partition coefficient (Wildman–Crippen LogP) is 2.95. The van der Waals surface area contributed by atoms with Crippen molar-refractivity contribution in [1.29, 1.82) is 0 Å². The van der Waals surface area contributed by atoms with Crippen molar-refractivity contribution in [2.24, 2.45) is 0 Å². The van der Waals surface area contributed by atoms with Gasteiger partial charge in [-0.05, 0) is 44.4 Å². The lowest BCUT2D eigenvalue weighted by Crippen LogP contribution is -2.46. The summed E-state index contributed by atoms with van der Waals surface area (Å²) in [6.07, 6.45) is 1.53. The summed E-state index contributed by atoms with van der Waals surface area (Å²) in [5.41, 5.74) is 0.946. The number of hydrogen-bond acceptors (Lipinski definition) is 3. The number of aliphatic carboxylic acids is 1. The number of rotatable bonds is 8. The van der Waals surface area contributed by atoms with Gasteiger partial charge in [-0.1, -0.05) is 23.7 Å². The Hall–Kier alpha value is -2.01. The third kappa shape index (κ3) is 5.41. The Balaban J connectivity index is 2.69. The second-order valence-corrected chi connectivity index (χ2v) is 5.37. The number of carboxylic acid groups (broad SMARTS) is 1. The summed E-state index contributed by atoms with van der Waals surface area (Å²) < 4.78 is 5.52. The van der Waals surface area contributed by atoms with Gasteiger partial charge in [0.05, 0.1) is 5.02 Å². The molecule has 0 aromatic heterocycles. The van der Waals surface area contributed by atoms with Crippen molar-refractivity contribution in [3.05, 3.63) is 41.4 Å². The van der Waals surface area contributed by atoms with Gasteiger partial charge in [0, 0.05) is 0 Å². The summed E-state index contributed by atoms with van der Waals surface area (Å²) in [4.78, 5) is 23.2. The van der Waals surface area contributed by atoms with Gasteiger partial charge in [0.2, 0.25) is 0 Å². The molecule has 6 heteroatoms. The zero-order chi connectivity index (χ0) is 16.7. The summed E-state index contributed by atoms with van der Waals surface area (Å²) in [6, 6.07) is 4.26. The molecule has 5 nitrogen and oxygen atoms in total. The molecule has 0 saturated carbocycles. The maximum absolute atomic E-state index is 12.1. The highest BCUT2D eigenvalue weighted by molar-refractivity contribution is 6.32. The molecule has 2 unspecified atom stereocenters. The van der Waals surface area contributed by atoms with Gasteiger partial charge in [-0.15, -0.1) is 6.58 Å². The molecule has 0 fully saturated rings. The van der Waals surface area contributed by atoms with Crippen molar-refractivity contribution in [2.45, 2.75) is 38.8 Å². The first kappa shape index (κ1) is 18.0. The molecular weight excluding hydrogens is 306 g/mol. The Bertz CT molecular complexity index is 559. The van der Waals surface area contributed by atoms with Crippen molar-refractivity contribution < 1.29 is 19.4 Å². The van der Waals surface area contributed by atoms with Crippen molar-refractivity contribution in [3.8, 4) is 5.75 Å². The minimum absolute atomic E-state index is 0.280. The minimum Gasteiger partial charge on any atom is -0.480 e. The molecule has 0 aliphatic heterocycles. The number of benzene rings is 1. The fraction of sp³-hybridized carbons (Fsp3) is 0.375. The fourth-order valence-corrected chi connectivity index (χ4v) is 1.94. The van der Waals surface area contributed by atoms with E-state index in [1.54, 1.807) is 25.1 Å². The minimum atomic E-state index is -1.09. The molecule has 1 amide bonds. The summed E-state index contributed by atoms with van der Waals surface area (Å²) in [5.74, 6) is -1.20. The van der Waals surface area contributed by atoms with E-state index in [0.29, 0.717) is 17.2 Å². The average Bonchev–Trinajstić information content (AvgIpc) is 2.46. The highest BCUT2D eigenvalue weighted by Gasteiger charge is 2.23. The van der Waals surface area contributed by atoms with Crippen LogP contribution in [0.1, 0.15) is 25.3 Å². The second kappa shape index (κ2) is 8.44. The van der Waals surface area contributed by atoms with Crippen LogP contribution in [0.15, 0.2) is 30.9 Å². The molecule has 0 saturated heterocycles. The third-order valence-corrected chi connectivity index (χ3v) is 3.35. The topological polar surface area (TPSA) is 75.6 Å². The van der Waals surface area contributed by atoms with Crippen LogP contribution < -0.4 is 10.1 Å². The number of carboxylic acids is 1.